The molecule has 4 aromatic rings. The Morgan fingerprint density at radius 1 is 0.968 bits per heavy atom. The van der Waals surface area contributed by atoms with Crippen LogP contribution < -0.4 is 9.64 Å². The number of amides is 1. The van der Waals surface area contributed by atoms with Crippen LogP contribution in [-0.2, 0) is 0 Å². The van der Waals surface area contributed by atoms with Gasteiger partial charge in [-0.15, -0.1) is 0 Å². The molecule has 5 rings (SSSR count). The lowest BCUT2D eigenvalue weighted by Gasteiger charge is -2.26. The fourth-order valence-corrected chi connectivity index (χ4v) is 4.31. The molecular formula is C25H20BrN3O2. The summed E-state index contributed by atoms with van der Waals surface area (Å²) in [6.45, 7) is 2.06. The van der Waals surface area contributed by atoms with E-state index in [-0.39, 0.29) is 11.9 Å². The van der Waals surface area contributed by atoms with Crippen LogP contribution in [0.1, 0.15) is 33.2 Å². The van der Waals surface area contributed by atoms with E-state index < -0.39 is 0 Å². The fourth-order valence-electron chi connectivity index (χ4n) is 4.05. The minimum atomic E-state index is -0.278. The second kappa shape index (κ2) is 7.71. The van der Waals surface area contributed by atoms with Crippen molar-refractivity contribution in [3.63, 3.8) is 0 Å². The van der Waals surface area contributed by atoms with Gasteiger partial charge in [0.15, 0.2) is 0 Å². The highest BCUT2D eigenvalue weighted by Gasteiger charge is 2.43. The molecule has 0 aliphatic carbocycles. The van der Waals surface area contributed by atoms with E-state index in [1.54, 1.807) is 7.11 Å². The maximum Gasteiger partial charge on any atom is 0.277 e. The summed E-state index contributed by atoms with van der Waals surface area (Å²) in [4.78, 5) is 15.3. The van der Waals surface area contributed by atoms with Crippen LogP contribution in [0.5, 0.6) is 5.75 Å². The standard InChI is InChI=1S/C25H20BrN3O2/c1-15-3-5-17(6-4-15)24-21-22(16-7-13-20(31-2)14-8-16)27-28-23(21)25(30)29(24)19-11-9-18(26)10-12-19/h3-14,24H,1-2H3,(H,27,28)/t24-/m1/s1. The van der Waals surface area contributed by atoms with Crippen LogP contribution in [0.2, 0.25) is 0 Å². The van der Waals surface area contributed by atoms with Crippen molar-refractivity contribution < 1.29 is 9.53 Å². The average molecular weight is 474 g/mol. The fraction of sp³-hybridized carbons (Fsp3) is 0.120. The molecule has 0 unspecified atom stereocenters. The molecule has 0 spiro atoms. The molecule has 1 amide bonds. The summed E-state index contributed by atoms with van der Waals surface area (Å²) in [7, 11) is 1.64. The molecule has 5 nitrogen and oxygen atoms in total. The third-order valence-electron chi connectivity index (χ3n) is 5.63. The lowest BCUT2D eigenvalue weighted by molar-refractivity contribution is 0.0989. The predicted molar refractivity (Wildman–Crippen MR) is 125 cm³/mol. The summed E-state index contributed by atoms with van der Waals surface area (Å²) in [5.74, 6) is 0.689. The highest BCUT2D eigenvalue weighted by molar-refractivity contribution is 9.10. The average Bonchev–Trinajstić information content (AvgIpc) is 3.34. The second-order valence-corrected chi connectivity index (χ2v) is 8.47. The number of hydrogen-bond acceptors (Lipinski definition) is 3. The maximum atomic E-state index is 13.5. The van der Waals surface area contributed by atoms with Gasteiger partial charge in [0.1, 0.15) is 11.4 Å². The Balaban J connectivity index is 1.69. The number of ether oxygens (including phenoxy) is 1. The Hall–Kier alpha value is -3.38. The number of nitrogens with one attached hydrogen (secondary N) is 1. The van der Waals surface area contributed by atoms with Gasteiger partial charge in [-0.1, -0.05) is 45.8 Å². The molecule has 1 aliphatic heterocycles. The van der Waals surface area contributed by atoms with Crippen LogP contribution in [0.4, 0.5) is 5.69 Å². The third kappa shape index (κ3) is 3.33. The van der Waals surface area contributed by atoms with Crippen molar-refractivity contribution in [2.24, 2.45) is 0 Å². The van der Waals surface area contributed by atoms with Crippen LogP contribution in [0.3, 0.4) is 0 Å². The Labute approximate surface area is 188 Å². The molecule has 0 saturated carbocycles. The smallest absolute Gasteiger partial charge is 0.277 e. The monoisotopic (exact) mass is 473 g/mol. The number of hydrogen-bond donors (Lipinski definition) is 1. The number of halogens is 1. The predicted octanol–water partition coefficient (Wildman–Crippen LogP) is 5.91. The van der Waals surface area contributed by atoms with Crippen molar-refractivity contribution in [3.8, 4) is 17.0 Å². The summed E-state index contributed by atoms with van der Waals surface area (Å²) in [6.07, 6.45) is 0. The van der Waals surface area contributed by atoms with E-state index in [4.69, 9.17) is 4.74 Å². The minimum absolute atomic E-state index is 0.0878. The number of anilines is 1. The SMILES string of the molecule is COc1ccc(-c2n[nH]c3c2[C@@H](c2ccc(C)cc2)N(c2ccc(Br)cc2)C3=O)cc1. The summed E-state index contributed by atoms with van der Waals surface area (Å²) < 4.78 is 6.25. The zero-order valence-electron chi connectivity index (χ0n) is 17.1. The lowest BCUT2D eigenvalue weighted by atomic mass is 9.95. The number of benzene rings is 3. The number of aromatic nitrogens is 2. The highest BCUT2D eigenvalue weighted by atomic mass is 79.9. The minimum Gasteiger partial charge on any atom is -0.497 e. The first-order chi connectivity index (χ1) is 15.1. The van der Waals surface area contributed by atoms with Gasteiger partial charge in [0.2, 0.25) is 0 Å². The van der Waals surface area contributed by atoms with Crippen LogP contribution >= 0.6 is 15.9 Å². The number of methoxy groups -OCH3 is 1. The Bertz CT molecular complexity index is 1250. The lowest BCUT2D eigenvalue weighted by Crippen LogP contribution is -2.29. The van der Waals surface area contributed by atoms with Gasteiger partial charge in [-0.2, -0.15) is 5.10 Å². The van der Waals surface area contributed by atoms with E-state index in [1.807, 2.05) is 53.4 Å². The van der Waals surface area contributed by atoms with Gasteiger partial charge in [0, 0.05) is 21.3 Å². The third-order valence-corrected chi connectivity index (χ3v) is 6.16. The van der Waals surface area contributed by atoms with E-state index in [1.165, 1.54) is 5.56 Å². The number of carbonyl (C=O) groups is 1. The van der Waals surface area contributed by atoms with Gasteiger partial charge < -0.3 is 4.74 Å². The number of rotatable bonds is 4. The van der Waals surface area contributed by atoms with E-state index in [0.717, 1.165) is 38.3 Å². The maximum absolute atomic E-state index is 13.5. The van der Waals surface area contributed by atoms with Crippen molar-refractivity contribution in [1.82, 2.24) is 10.2 Å². The normalized spacial score (nSPS) is 15.3. The molecule has 1 N–H and O–H groups in total. The van der Waals surface area contributed by atoms with Gasteiger partial charge >= 0.3 is 0 Å². The van der Waals surface area contributed by atoms with Crippen molar-refractivity contribution in [3.05, 3.63) is 99.7 Å². The van der Waals surface area contributed by atoms with Crippen molar-refractivity contribution >= 4 is 27.5 Å². The van der Waals surface area contributed by atoms with Gasteiger partial charge in [-0.25, -0.2) is 0 Å². The number of carbonyl (C=O) groups excluding carboxylic acids is 1. The van der Waals surface area contributed by atoms with Crippen LogP contribution in [-0.4, -0.2) is 23.2 Å². The molecule has 1 atom stereocenters. The largest absolute Gasteiger partial charge is 0.497 e. The Morgan fingerprint density at radius 2 is 1.65 bits per heavy atom. The molecule has 1 aliphatic rings. The zero-order valence-corrected chi connectivity index (χ0v) is 18.7. The van der Waals surface area contributed by atoms with Crippen LogP contribution in [0, 0.1) is 6.92 Å². The molecule has 154 valence electrons. The molecule has 0 saturated heterocycles. The summed E-state index contributed by atoms with van der Waals surface area (Å²) >= 11 is 3.48. The Morgan fingerprint density at radius 3 is 2.29 bits per heavy atom. The molecule has 3 aromatic carbocycles. The van der Waals surface area contributed by atoms with E-state index in [2.05, 4.69) is 57.3 Å². The summed E-state index contributed by atoms with van der Waals surface area (Å²) in [5.41, 5.74) is 6.17. The number of aryl methyl sites for hydroxylation is 1. The molecule has 0 bridgehead atoms. The van der Waals surface area contributed by atoms with Crippen molar-refractivity contribution in [1.29, 1.82) is 0 Å². The quantitative estimate of drug-likeness (QED) is 0.400. The molecule has 0 fully saturated rings. The van der Waals surface area contributed by atoms with Gasteiger partial charge in [-0.3, -0.25) is 14.8 Å². The van der Waals surface area contributed by atoms with E-state index in [9.17, 15) is 4.79 Å². The topological polar surface area (TPSA) is 58.2 Å². The highest BCUT2D eigenvalue weighted by Crippen LogP contribution is 2.45. The van der Waals surface area contributed by atoms with Crippen LogP contribution in [0.15, 0.2) is 77.3 Å². The van der Waals surface area contributed by atoms with Crippen LogP contribution in [0.25, 0.3) is 11.3 Å². The van der Waals surface area contributed by atoms with Crippen molar-refractivity contribution in [2.45, 2.75) is 13.0 Å². The van der Waals surface area contributed by atoms with Gasteiger partial charge in [0.25, 0.3) is 5.91 Å². The first-order valence-corrected chi connectivity index (χ1v) is 10.7. The number of fused-ring (bicyclic) bond motifs is 1. The first-order valence-electron chi connectivity index (χ1n) is 9.95. The van der Waals surface area contributed by atoms with Crippen molar-refractivity contribution in [2.75, 3.05) is 12.0 Å². The number of H-pyrrole nitrogens is 1. The summed E-state index contributed by atoms with van der Waals surface area (Å²) in [6, 6.07) is 23.6. The number of aromatic amines is 1. The molecule has 2 heterocycles. The van der Waals surface area contributed by atoms with E-state index in [0.29, 0.717) is 5.69 Å². The molecule has 1 aromatic heterocycles. The molecule has 6 heteroatoms. The second-order valence-electron chi connectivity index (χ2n) is 7.55. The van der Waals surface area contributed by atoms with Gasteiger partial charge in [-0.05, 0) is 61.0 Å². The zero-order chi connectivity index (χ0) is 21.5. The first kappa shape index (κ1) is 19.6. The Kier molecular flexibility index (Phi) is 4.87. The van der Waals surface area contributed by atoms with Gasteiger partial charge in [0.05, 0.1) is 18.8 Å². The number of nitrogens with zero attached hydrogens (tertiary/aromatic N) is 2. The molecule has 0 radical (unpaired) electrons. The molecule has 31 heavy (non-hydrogen) atoms. The summed E-state index contributed by atoms with van der Waals surface area (Å²) in [5, 5.41) is 7.53. The molecular weight excluding hydrogens is 454 g/mol. The van der Waals surface area contributed by atoms with E-state index >= 15 is 0 Å².